The summed E-state index contributed by atoms with van der Waals surface area (Å²) in [6.07, 6.45) is 0. The van der Waals surface area contributed by atoms with Crippen molar-refractivity contribution in [3.63, 3.8) is 0 Å². The standard InChI is InChI=1S/C14H11BN2O3/c18-14-10-6-2-4-8-12(10)16-13(17-14)9-5-1-3-7-11(9)15(19)20/h1-8,19-20H,(H,16,17,18). The van der Waals surface area contributed by atoms with E-state index in [1.54, 1.807) is 48.5 Å². The number of fused-ring (bicyclic) bond motifs is 1. The Morgan fingerprint density at radius 2 is 1.70 bits per heavy atom. The summed E-state index contributed by atoms with van der Waals surface area (Å²) in [4.78, 5) is 19.1. The van der Waals surface area contributed by atoms with Gasteiger partial charge in [-0.05, 0) is 17.6 Å². The van der Waals surface area contributed by atoms with Gasteiger partial charge in [-0.2, -0.15) is 0 Å². The van der Waals surface area contributed by atoms with Gasteiger partial charge in [0, 0.05) is 5.56 Å². The van der Waals surface area contributed by atoms with E-state index >= 15 is 0 Å². The van der Waals surface area contributed by atoms with Gasteiger partial charge in [-0.1, -0.05) is 36.4 Å². The van der Waals surface area contributed by atoms with Crippen LogP contribution >= 0.6 is 0 Å². The molecule has 3 aromatic rings. The van der Waals surface area contributed by atoms with Crippen LogP contribution in [0.3, 0.4) is 0 Å². The van der Waals surface area contributed by atoms with E-state index in [-0.39, 0.29) is 5.56 Å². The number of hydrogen-bond donors (Lipinski definition) is 3. The highest BCUT2D eigenvalue weighted by Crippen LogP contribution is 2.14. The third-order valence-corrected chi connectivity index (χ3v) is 3.11. The van der Waals surface area contributed by atoms with Gasteiger partial charge < -0.3 is 15.0 Å². The Balaban J connectivity index is 2.28. The predicted molar refractivity (Wildman–Crippen MR) is 77.6 cm³/mol. The molecule has 2 aromatic carbocycles. The third kappa shape index (κ3) is 2.11. The number of H-pyrrole nitrogens is 1. The molecule has 0 atom stereocenters. The highest BCUT2D eigenvalue weighted by molar-refractivity contribution is 6.60. The Morgan fingerprint density at radius 3 is 2.50 bits per heavy atom. The summed E-state index contributed by atoms with van der Waals surface area (Å²) in [5.74, 6) is 0.317. The highest BCUT2D eigenvalue weighted by Gasteiger charge is 2.18. The molecule has 1 heterocycles. The Morgan fingerprint density at radius 1 is 1.00 bits per heavy atom. The molecule has 1 aromatic heterocycles. The Kier molecular flexibility index (Phi) is 3.10. The second-order valence-corrected chi connectivity index (χ2v) is 4.39. The number of nitrogens with zero attached hydrogens (tertiary/aromatic N) is 1. The topological polar surface area (TPSA) is 86.2 Å². The van der Waals surface area contributed by atoms with Gasteiger partial charge >= 0.3 is 7.12 Å². The van der Waals surface area contributed by atoms with Crippen LogP contribution in [-0.2, 0) is 0 Å². The van der Waals surface area contributed by atoms with Crippen molar-refractivity contribution in [1.82, 2.24) is 9.97 Å². The minimum atomic E-state index is -1.62. The fourth-order valence-electron chi connectivity index (χ4n) is 2.15. The number of aromatic amines is 1. The number of aromatic nitrogens is 2. The second kappa shape index (κ2) is 4.92. The van der Waals surface area contributed by atoms with E-state index < -0.39 is 7.12 Å². The number of benzene rings is 2. The molecule has 3 rings (SSSR count). The van der Waals surface area contributed by atoms with Crippen molar-refractivity contribution >= 4 is 23.5 Å². The molecule has 98 valence electrons. The van der Waals surface area contributed by atoms with E-state index in [0.29, 0.717) is 27.8 Å². The molecule has 20 heavy (non-hydrogen) atoms. The molecule has 0 spiro atoms. The number of nitrogens with one attached hydrogen (secondary N) is 1. The van der Waals surface area contributed by atoms with Crippen LogP contribution in [0, 0.1) is 0 Å². The Labute approximate surface area is 114 Å². The summed E-state index contributed by atoms with van der Waals surface area (Å²) in [6.45, 7) is 0. The van der Waals surface area contributed by atoms with E-state index in [9.17, 15) is 14.8 Å². The van der Waals surface area contributed by atoms with E-state index in [1.807, 2.05) is 0 Å². The number of hydrogen-bond acceptors (Lipinski definition) is 4. The summed E-state index contributed by atoms with van der Waals surface area (Å²) in [5, 5.41) is 19.3. The molecule has 3 N–H and O–H groups in total. The van der Waals surface area contributed by atoms with Gasteiger partial charge in [0.1, 0.15) is 5.82 Å². The molecular weight excluding hydrogens is 255 g/mol. The molecule has 0 bridgehead atoms. The summed E-state index contributed by atoms with van der Waals surface area (Å²) in [7, 11) is -1.62. The molecule has 0 aliphatic heterocycles. The second-order valence-electron chi connectivity index (χ2n) is 4.39. The normalized spacial score (nSPS) is 10.7. The summed E-state index contributed by atoms with van der Waals surface area (Å²) in [6, 6.07) is 13.7. The van der Waals surface area contributed by atoms with Crippen molar-refractivity contribution in [2.45, 2.75) is 0 Å². The van der Waals surface area contributed by atoms with Crippen molar-refractivity contribution < 1.29 is 10.0 Å². The maximum atomic E-state index is 12.0. The lowest BCUT2D eigenvalue weighted by Gasteiger charge is -2.08. The van der Waals surface area contributed by atoms with Gasteiger partial charge in [0.15, 0.2) is 0 Å². The van der Waals surface area contributed by atoms with Crippen molar-refractivity contribution in [2.24, 2.45) is 0 Å². The van der Waals surface area contributed by atoms with Crippen molar-refractivity contribution in [1.29, 1.82) is 0 Å². The monoisotopic (exact) mass is 266 g/mol. The largest absolute Gasteiger partial charge is 0.489 e. The molecule has 6 heteroatoms. The molecule has 0 fully saturated rings. The van der Waals surface area contributed by atoms with Crippen LogP contribution in [0.4, 0.5) is 0 Å². The molecule has 0 radical (unpaired) electrons. The number of rotatable bonds is 2. The van der Waals surface area contributed by atoms with Crippen LogP contribution < -0.4 is 11.0 Å². The zero-order valence-corrected chi connectivity index (χ0v) is 10.4. The molecule has 0 saturated carbocycles. The molecule has 0 unspecified atom stereocenters. The Bertz CT molecular complexity index is 830. The fraction of sp³-hybridized carbons (Fsp3) is 0. The number of para-hydroxylation sites is 1. The van der Waals surface area contributed by atoms with E-state index in [1.165, 1.54) is 0 Å². The van der Waals surface area contributed by atoms with Crippen molar-refractivity contribution in [3.05, 3.63) is 58.9 Å². The van der Waals surface area contributed by atoms with E-state index in [0.717, 1.165) is 0 Å². The fourth-order valence-corrected chi connectivity index (χ4v) is 2.15. The minimum Gasteiger partial charge on any atom is -0.423 e. The van der Waals surface area contributed by atoms with Crippen LogP contribution in [0.2, 0.25) is 0 Å². The molecule has 5 nitrogen and oxygen atoms in total. The van der Waals surface area contributed by atoms with E-state index in [2.05, 4.69) is 9.97 Å². The molecule has 0 amide bonds. The first-order chi connectivity index (χ1) is 9.66. The average Bonchev–Trinajstić information content (AvgIpc) is 2.47. The summed E-state index contributed by atoms with van der Waals surface area (Å²) in [5.41, 5.74) is 1.09. The zero-order chi connectivity index (χ0) is 14.1. The van der Waals surface area contributed by atoms with E-state index in [4.69, 9.17) is 0 Å². The first-order valence-corrected chi connectivity index (χ1v) is 6.11. The van der Waals surface area contributed by atoms with Crippen LogP contribution in [0.25, 0.3) is 22.3 Å². The van der Waals surface area contributed by atoms with Gasteiger partial charge in [-0.25, -0.2) is 4.98 Å². The van der Waals surface area contributed by atoms with Gasteiger partial charge in [0.25, 0.3) is 5.56 Å². The first-order valence-electron chi connectivity index (χ1n) is 6.11. The molecular formula is C14H11BN2O3. The lowest BCUT2D eigenvalue weighted by Crippen LogP contribution is -2.32. The average molecular weight is 266 g/mol. The summed E-state index contributed by atoms with van der Waals surface area (Å²) < 4.78 is 0. The van der Waals surface area contributed by atoms with Gasteiger partial charge in [0.05, 0.1) is 10.9 Å². The van der Waals surface area contributed by atoms with Gasteiger partial charge in [0.2, 0.25) is 0 Å². The van der Waals surface area contributed by atoms with Gasteiger partial charge in [-0.3, -0.25) is 4.79 Å². The first kappa shape index (κ1) is 12.6. The lowest BCUT2D eigenvalue weighted by molar-refractivity contribution is 0.426. The third-order valence-electron chi connectivity index (χ3n) is 3.11. The van der Waals surface area contributed by atoms with Crippen LogP contribution in [0.1, 0.15) is 0 Å². The highest BCUT2D eigenvalue weighted by atomic mass is 16.4. The zero-order valence-electron chi connectivity index (χ0n) is 10.4. The van der Waals surface area contributed by atoms with Crippen molar-refractivity contribution in [3.8, 4) is 11.4 Å². The van der Waals surface area contributed by atoms with Crippen molar-refractivity contribution in [2.75, 3.05) is 0 Å². The quantitative estimate of drug-likeness (QED) is 0.581. The minimum absolute atomic E-state index is 0.257. The van der Waals surface area contributed by atoms with Gasteiger partial charge in [-0.15, -0.1) is 0 Å². The van der Waals surface area contributed by atoms with Crippen LogP contribution in [0.5, 0.6) is 0 Å². The SMILES string of the molecule is O=c1[nH]c(-c2ccccc2B(O)O)nc2ccccc12. The summed E-state index contributed by atoms with van der Waals surface area (Å²) >= 11 is 0. The van der Waals surface area contributed by atoms with Crippen LogP contribution in [0.15, 0.2) is 53.3 Å². The molecule has 0 aliphatic carbocycles. The smallest absolute Gasteiger partial charge is 0.423 e. The molecule has 0 aliphatic rings. The molecule has 0 saturated heterocycles. The maximum absolute atomic E-state index is 12.0. The predicted octanol–water partition coefficient (Wildman–Crippen LogP) is 0.270. The maximum Gasteiger partial charge on any atom is 0.489 e. The van der Waals surface area contributed by atoms with Crippen LogP contribution in [-0.4, -0.2) is 27.1 Å². The Hall–Kier alpha value is -2.44. The lowest BCUT2D eigenvalue weighted by atomic mass is 9.77.